The summed E-state index contributed by atoms with van der Waals surface area (Å²) in [5, 5.41) is 8.57. The first-order chi connectivity index (χ1) is 14.6. The number of piperazine rings is 1. The van der Waals surface area contributed by atoms with E-state index in [0.717, 1.165) is 16.9 Å². The molecule has 0 aliphatic carbocycles. The summed E-state index contributed by atoms with van der Waals surface area (Å²) in [5.74, 6) is 1.17. The first kappa shape index (κ1) is 19.8. The van der Waals surface area contributed by atoms with Crippen LogP contribution >= 0.6 is 0 Å². The molecular weight excluding hydrogens is 383 g/mol. The molecule has 1 aliphatic rings. The van der Waals surface area contributed by atoms with Crippen LogP contribution in [0.1, 0.15) is 5.56 Å². The number of benzene rings is 2. The van der Waals surface area contributed by atoms with Crippen LogP contribution in [-0.4, -0.2) is 53.8 Å². The summed E-state index contributed by atoms with van der Waals surface area (Å²) in [6.07, 6.45) is 0. The standard InChI is InChI=1S/C23H23FN4O2/c1-17-2-8-20(9-3-17)30-16-23(29)28-14-12-27(13-15-28)22-11-10-21(25-26-22)18-4-6-19(24)7-5-18/h2-11H,12-16H2,1H3. The van der Waals surface area contributed by atoms with Gasteiger partial charge in [-0.25, -0.2) is 4.39 Å². The molecule has 1 amide bonds. The van der Waals surface area contributed by atoms with E-state index in [2.05, 4.69) is 15.1 Å². The molecule has 1 saturated heterocycles. The van der Waals surface area contributed by atoms with Crippen molar-refractivity contribution in [3.8, 4) is 17.0 Å². The molecule has 0 spiro atoms. The van der Waals surface area contributed by atoms with E-state index < -0.39 is 0 Å². The third kappa shape index (κ3) is 4.74. The maximum absolute atomic E-state index is 13.1. The van der Waals surface area contributed by atoms with E-state index in [0.29, 0.717) is 37.6 Å². The average molecular weight is 406 g/mol. The topological polar surface area (TPSA) is 58.6 Å². The van der Waals surface area contributed by atoms with Crippen LogP contribution in [0.15, 0.2) is 60.7 Å². The monoisotopic (exact) mass is 406 g/mol. The van der Waals surface area contributed by atoms with Gasteiger partial charge in [-0.15, -0.1) is 10.2 Å². The molecule has 4 rings (SSSR count). The number of anilines is 1. The number of carbonyl (C=O) groups is 1. The van der Waals surface area contributed by atoms with E-state index in [4.69, 9.17) is 4.74 Å². The van der Waals surface area contributed by atoms with Gasteiger partial charge >= 0.3 is 0 Å². The van der Waals surface area contributed by atoms with E-state index in [1.807, 2.05) is 48.2 Å². The molecule has 154 valence electrons. The lowest BCUT2D eigenvalue weighted by atomic mass is 10.1. The van der Waals surface area contributed by atoms with Gasteiger partial charge < -0.3 is 14.5 Å². The first-order valence-corrected chi connectivity index (χ1v) is 9.90. The van der Waals surface area contributed by atoms with Crippen molar-refractivity contribution in [3.63, 3.8) is 0 Å². The van der Waals surface area contributed by atoms with Crippen molar-refractivity contribution in [1.29, 1.82) is 0 Å². The van der Waals surface area contributed by atoms with Gasteiger partial charge in [-0.2, -0.15) is 0 Å². The second kappa shape index (κ2) is 8.90. The lowest BCUT2D eigenvalue weighted by Gasteiger charge is -2.35. The molecule has 3 aromatic rings. The molecule has 0 saturated carbocycles. The predicted molar refractivity (Wildman–Crippen MR) is 113 cm³/mol. The number of rotatable bonds is 5. The zero-order chi connectivity index (χ0) is 20.9. The number of hydrogen-bond acceptors (Lipinski definition) is 5. The summed E-state index contributed by atoms with van der Waals surface area (Å²) in [7, 11) is 0. The molecule has 0 N–H and O–H groups in total. The highest BCUT2D eigenvalue weighted by Crippen LogP contribution is 2.20. The van der Waals surface area contributed by atoms with E-state index in [1.165, 1.54) is 12.1 Å². The highest BCUT2D eigenvalue weighted by molar-refractivity contribution is 5.78. The summed E-state index contributed by atoms with van der Waals surface area (Å²) < 4.78 is 18.7. The third-order valence-electron chi connectivity index (χ3n) is 5.13. The van der Waals surface area contributed by atoms with Crippen molar-refractivity contribution in [3.05, 3.63) is 72.0 Å². The van der Waals surface area contributed by atoms with Crippen molar-refractivity contribution in [1.82, 2.24) is 15.1 Å². The van der Waals surface area contributed by atoms with Gasteiger partial charge in [0.1, 0.15) is 11.6 Å². The van der Waals surface area contributed by atoms with Gasteiger partial charge in [0.2, 0.25) is 0 Å². The van der Waals surface area contributed by atoms with Gasteiger partial charge in [-0.3, -0.25) is 4.79 Å². The van der Waals surface area contributed by atoms with Crippen LogP contribution in [0.2, 0.25) is 0 Å². The quantitative estimate of drug-likeness (QED) is 0.651. The molecule has 30 heavy (non-hydrogen) atoms. The van der Waals surface area contributed by atoms with Crippen LogP contribution in [0.5, 0.6) is 5.75 Å². The highest BCUT2D eigenvalue weighted by Gasteiger charge is 2.22. The molecule has 1 aromatic heterocycles. The van der Waals surface area contributed by atoms with E-state index >= 15 is 0 Å². The van der Waals surface area contributed by atoms with E-state index in [-0.39, 0.29) is 18.3 Å². The third-order valence-corrected chi connectivity index (χ3v) is 5.13. The van der Waals surface area contributed by atoms with Crippen LogP contribution in [0.4, 0.5) is 10.2 Å². The van der Waals surface area contributed by atoms with Gasteiger partial charge in [0, 0.05) is 31.7 Å². The van der Waals surface area contributed by atoms with Crippen LogP contribution in [0, 0.1) is 12.7 Å². The van der Waals surface area contributed by atoms with Crippen molar-refractivity contribution < 1.29 is 13.9 Å². The van der Waals surface area contributed by atoms with Gasteiger partial charge in [0.15, 0.2) is 12.4 Å². The number of hydrogen-bond donors (Lipinski definition) is 0. The Morgan fingerprint density at radius 3 is 2.27 bits per heavy atom. The average Bonchev–Trinajstić information content (AvgIpc) is 2.79. The van der Waals surface area contributed by atoms with Crippen molar-refractivity contribution in [2.45, 2.75) is 6.92 Å². The minimum Gasteiger partial charge on any atom is -0.484 e. The van der Waals surface area contributed by atoms with E-state index in [9.17, 15) is 9.18 Å². The summed E-state index contributed by atoms with van der Waals surface area (Å²) in [6.45, 7) is 4.63. The second-order valence-corrected chi connectivity index (χ2v) is 7.25. The molecule has 7 heteroatoms. The number of ether oxygens (including phenoxy) is 1. The normalized spacial score (nSPS) is 13.9. The summed E-state index contributed by atoms with van der Waals surface area (Å²) >= 11 is 0. The lowest BCUT2D eigenvalue weighted by molar-refractivity contribution is -0.133. The Morgan fingerprint density at radius 2 is 1.63 bits per heavy atom. The largest absolute Gasteiger partial charge is 0.484 e. The predicted octanol–water partition coefficient (Wildman–Crippen LogP) is 3.32. The number of halogens is 1. The van der Waals surface area contributed by atoms with Crippen molar-refractivity contribution in [2.24, 2.45) is 0 Å². The zero-order valence-corrected chi connectivity index (χ0v) is 16.8. The molecule has 0 radical (unpaired) electrons. The Morgan fingerprint density at radius 1 is 0.933 bits per heavy atom. The number of amides is 1. The first-order valence-electron chi connectivity index (χ1n) is 9.90. The molecule has 0 bridgehead atoms. The second-order valence-electron chi connectivity index (χ2n) is 7.25. The van der Waals surface area contributed by atoms with Crippen LogP contribution < -0.4 is 9.64 Å². The molecule has 0 unspecified atom stereocenters. The fourth-order valence-electron chi connectivity index (χ4n) is 3.32. The maximum atomic E-state index is 13.1. The van der Waals surface area contributed by atoms with Gasteiger partial charge in [-0.1, -0.05) is 17.7 Å². The maximum Gasteiger partial charge on any atom is 0.260 e. The Kier molecular flexibility index (Phi) is 5.88. The summed E-state index contributed by atoms with van der Waals surface area (Å²) in [6, 6.07) is 17.6. The van der Waals surface area contributed by atoms with Crippen molar-refractivity contribution >= 4 is 11.7 Å². The molecule has 2 heterocycles. The molecule has 6 nitrogen and oxygen atoms in total. The fourth-order valence-corrected chi connectivity index (χ4v) is 3.32. The Labute approximate surface area is 174 Å². The molecular formula is C23H23FN4O2. The Bertz CT molecular complexity index is 983. The van der Waals surface area contributed by atoms with Crippen LogP contribution in [-0.2, 0) is 4.79 Å². The summed E-state index contributed by atoms with van der Waals surface area (Å²) in [5.41, 5.74) is 2.67. The van der Waals surface area contributed by atoms with Crippen LogP contribution in [0.25, 0.3) is 11.3 Å². The lowest BCUT2D eigenvalue weighted by Crippen LogP contribution is -2.50. The number of carbonyl (C=O) groups excluding carboxylic acids is 1. The molecule has 1 fully saturated rings. The molecule has 0 atom stereocenters. The number of nitrogens with zero attached hydrogens (tertiary/aromatic N) is 4. The van der Waals surface area contributed by atoms with Gasteiger partial charge in [0.05, 0.1) is 5.69 Å². The van der Waals surface area contributed by atoms with E-state index in [1.54, 1.807) is 12.1 Å². The Hall–Kier alpha value is -3.48. The van der Waals surface area contributed by atoms with Gasteiger partial charge in [0.25, 0.3) is 5.91 Å². The van der Waals surface area contributed by atoms with Gasteiger partial charge in [-0.05, 0) is 55.5 Å². The summed E-state index contributed by atoms with van der Waals surface area (Å²) in [4.78, 5) is 16.3. The van der Waals surface area contributed by atoms with Crippen molar-refractivity contribution in [2.75, 3.05) is 37.7 Å². The fraction of sp³-hybridized carbons (Fsp3) is 0.261. The van der Waals surface area contributed by atoms with Crippen LogP contribution in [0.3, 0.4) is 0 Å². The number of aryl methyl sites for hydroxylation is 1. The number of aromatic nitrogens is 2. The smallest absolute Gasteiger partial charge is 0.260 e. The molecule has 1 aliphatic heterocycles. The Balaban J connectivity index is 1.29. The SMILES string of the molecule is Cc1ccc(OCC(=O)N2CCN(c3ccc(-c4ccc(F)cc4)nn3)CC2)cc1. The minimum absolute atomic E-state index is 0.0204. The highest BCUT2D eigenvalue weighted by atomic mass is 19.1. The zero-order valence-electron chi connectivity index (χ0n) is 16.8. The minimum atomic E-state index is -0.278. The molecule has 2 aromatic carbocycles.